The first kappa shape index (κ1) is 42.4. The number of fused-ring (bicyclic) bond motifs is 11. The molecule has 10 aromatic rings. The molecule has 70 heavy (non-hydrogen) atoms. The zero-order valence-electron chi connectivity index (χ0n) is 41.3. The predicted molar refractivity (Wildman–Crippen MR) is 296 cm³/mol. The Morgan fingerprint density at radius 3 is 1.70 bits per heavy atom. The van der Waals surface area contributed by atoms with Crippen LogP contribution in [0.15, 0.2) is 194 Å². The lowest BCUT2D eigenvalue weighted by atomic mass is 9.33. The molecule has 0 saturated carbocycles. The van der Waals surface area contributed by atoms with E-state index in [1.807, 2.05) is 0 Å². The SMILES string of the molecule is CC(C)(C)c1ccc(N2c3cc(N(c4ccccc4)c4ccccc4)cc4c3B(c3cc(C(C)(C)C)ccc3O4)c3cc(-n4c5ccccc5c5ccccc54)c4c(c32)-c2ccccc2C4(C)C)cc1. The third-order valence-corrected chi connectivity index (χ3v) is 15.5. The van der Waals surface area contributed by atoms with E-state index in [2.05, 4.69) is 264 Å². The van der Waals surface area contributed by atoms with Crippen LogP contribution in [0.3, 0.4) is 0 Å². The summed E-state index contributed by atoms with van der Waals surface area (Å²) in [7, 11) is 0. The average molecular weight is 906 g/mol. The van der Waals surface area contributed by atoms with Crippen molar-refractivity contribution >= 4 is 79.0 Å². The van der Waals surface area contributed by atoms with Crippen LogP contribution < -0.4 is 30.9 Å². The molecule has 1 aromatic heterocycles. The van der Waals surface area contributed by atoms with Crippen molar-refractivity contribution in [1.29, 1.82) is 0 Å². The summed E-state index contributed by atoms with van der Waals surface area (Å²) >= 11 is 0. The zero-order valence-corrected chi connectivity index (χ0v) is 41.3. The van der Waals surface area contributed by atoms with E-state index in [0.29, 0.717) is 0 Å². The van der Waals surface area contributed by atoms with Crippen LogP contribution >= 0.6 is 0 Å². The number of rotatable bonds is 5. The Kier molecular flexibility index (Phi) is 9.15. The van der Waals surface area contributed by atoms with Gasteiger partial charge in [-0.3, -0.25) is 0 Å². The summed E-state index contributed by atoms with van der Waals surface area (Å²) in [6.45, 7) is 18.6. The van der Waals surface area contributed by atoms with Gasteiger partial charge in [0.05, 0.1) is 22.4 Å². The van der Waals surface area contributed by atoms with Crippen LogP contribution in [0, 0.1) is 0 Å². The molecule has 0 bridgehead atoms. The molecule has 2 aliphatic heterocycles. The number of benzene rings is 9. The first-order valence-electron chi connectivity index (χ1n) is 24.9. The van der Waals surface area contributed by atoms with E-state index >= 15 is 0 Å². The number of ether oxygens (including phenoxy) is 1. The van der Waals surface area contributed by atoms with E-state index in [-0.39, 0.29) is 23.0 Å². The van der Waals surface area contributed by atoms with E-state index in [0.717, 1.165) is 39.9 Å². The molecule has 0 unspecified atom stereocenters. The third kappa shape index (κ3) is 6.23. The second-order valence-electron chi connectivity index (χ2n) is 22.2. The van der Waals surface area contributed by atoms with Crippen LogP contribution in [0.4, 0.5) is 34.1 Å². The maximum atomic E-state index is 7.36. The van der Waals surface area contributed by atoms with E-state index in [1.165, 1.54) is 82.9 Å². The van der Waals surface area contributed by atoms with Crippen molar-refractivity contribution in [2.75, 3.05) is 9.80 Å². The Morgan fingerprint density at radius 2 is 1.07 bits per heavy atom. The summed E-state index contributed by atoms with van der Waals surface area (Å²) in [4.78, 5) is 4.97. The average Bonchev–Trinajstić information content (AvgIpc) is 3.82. The van der Waals surface area contributed by atoms with Gasteiger partial charge in [-0.1, -0.05) is 177 Å². The molecule has 3 heterocycles. The van der Waals surface area contributed by atoms with E-state index < -0.39 is 0 Å². The lowest BCUT2D eigenvalue weighted by Gasteiger charge is -2.43. The standard InChI is InChI=1S/C65H56BN3O/c1-63(2,3)41-31-34-45(35-32-41)68-56-38-46(67(43-21-11-9-12-22-43)44-23-13-10-14-24-44)39-58-61(56)66(51-37-42(64(4,5)6)33-36-57(51)70-58)52-40-55(60-59(62(52)68)49-27-15-18-28-50(49)65(60,7)8)69-53-29-19-16-25-47(53)48-26-17-20-30-54(48)69/h9-40H,1-8H3. The Labute approximate surface area is 412 Å². The molecule has 4 nitrogen and oxygen atoms in total. The largest absolute Gasteiger partial charge is 0.458 e. The van der Waals surface area contributed by atoms with Crippen LogP contribution in [0.5, 0.6) is 11.5 Å². The van der Waals surface area contributed by atoms with Crippen molar-refractivity contribution in [2.45, 2.75) is 71.6 Å². The molecule has 5 heteroatoms. The molecule has 1 aliphatic carbocycles. The fourth-order valence-electron chi connectivity index (χ4n) is 12.1. The summed E-state index contributed by atoms with van der Waals surface area (Å²) in [5, 5.41) is 2.51. The van der Waals surface area contributed by atoms with Gasteiger partial charge < -0.3 is 19.1 Å². The van der Waals surface area contributed by atoms with Crippen molar-refractivity contribution in [3.63, 3.8) is 0 Å². The van der Waals surface area contributed by atoms with Gasteiger partial charge in [-0.25, -0.2) is 0 Å². The molecule has 0 amide bonds. The van der Waals surface area contributed by atoms with Crippen LogP contribution in [0.2, 0.25) is 0 Å². The number of hydrogen-bond donors (Lipinski definition) is 0. The molecular weight excluding hydrogens is 850 g/mol. The number of anilines is 6. The molecule has 0 N–H and O–H groups in total. The Morgan fingerprint density at radius 1 is 0.500 bits per heavy atom. The van der Waals surface area contributed by atoms with Crippen LogP contribution in [0.1, 0.15) is 77.6 Å². The molecule has 0 atom stereocenters. The molecule has 13 rings (SSSR count). The van der Waals surface area contributed by atoms with Crippen LogP contribution in [-0.2, 0) is 16.2 Å². The lowest BCUT2D eigenvalue weighted by Crippen LogP contribution is -2.60. The minimum atomic E-state index is -0.345. The summed E-state index contributed by atoms with van der Waals surface area (Å²) < 4.78 is 9.93. The highest BCUT2D eigenvalue weighted by atomic mass is 16.5. The normalized spacial score (nSPS) is 14.2. The minimum Gasteiger partial charge on any atom is -0.458 e. The highest BCUT2D eigenvalue weighted by Gasteiger charge is 2.49. The van der Waals surface area contributed by atoms with E-state index in [1.54, 1.807) is 0 Å². The highest BCUT2D eigenvalue weighted by molar-refractivity contribution is 6.99. The van der Waals surface area contributed by atoms with Crippen molar-refractivity contribution in [1.82, 2.24) is 4.57 Å². The summed E-state index contributed by atoms with van der Waals surface area (Å²) in [5.74, 6) is 1.76. The summed E-state index contributed by atoms with van der Waals surface area (Å²) in [6.07, 6.45) is 0. The van der Waals surface area contributed by atoms with Crippen molar-refractivity contribution in [3.05, 3.63) is 216 Å². The highest BCUT2D eigenvalue weighted by Crippen LogP contribution is 2.58. The number of para-hydroxylation sites is 4. The molecule has 9 aromatic carbocycles. The molecule has 3 aliphatic rings. The van der Waals surface area contributed by atoms with Gasteiger partial charge in [0.1, 0.15) is 11.5 Å². The van der Waals surface area contributed by atoms with E-state index in [9.17, 15) is 0 Å². The quantitative estimate of drug-likeness (QED) is 0.161. The van der Waals surface area contributed by atoms with Crippen molar-refractivity contribution in [3.8, 4) is 28.3 Å². The first-order valence-corrected chi connectivity index (χ1v) is 24.9. The molecule has 0 fully saturated rings. The fraction of sp³-hybridized carbons (Fsp3) is 0.169. The second kappa shape index (κ2) is 15.1. The topological polar surface area (TPSA) is 20.6 Å². The number of nitrogens with zero attached hydrogens (tertiary/aromatic N) is 3. The molecule has 0 radical (unpaired) electrons. The minimum absolute atomic E-state index is 0.0158. The van der Waals surface area contributed by atoms with Crippen molar-refractivity contribution < 1.29 is 4.74 Å². The van der Waals surface area contributed by atoms with Gasteiger partial charge in [0.2, 0.25) is 0 Å². The molecule has 0 spiro atoms. The van der Waals surface area contributed by atoms with Crippen LogP contribution in [0.25, 0.3) is 38.6 Å². The second-order valence-corrected chi connectivity index (χ2v) is 22.2. The molecule has 340 valence electrons. The lowest BCUT2D eigenvalue weighted by molar-refractivity contribution is 0.486. The Balaban J connectivity index is 1.21. The van der Waals surface area contributed by atoms with Gasteiger partial charge in [0.15, 0.2) is 0 Å². The van der Waals surface area contributed by atoms with Gasteiger partial charge in [-0.15, -0.1) is 0 Å². The van der Waals surface area contributed by atoms with Crippen molar-refractivity contribution in [2.24, 2.45) is 0 Å². The van der Waals surface area contributed by atoms with Gasteiger partial charge in [0, 0.05) is 56.3 Å². The Bertz CT molecular complexity index is 3650. The number of aromatic nitrogens is 1. The Hall–Kier alpha value is -7.76. The monoisotopic (exact) mass is 905 g/mol. The summed E-state index contributed by atoms with van der Waals surface area (Å²) in [5.41, 5.74) is 21.3. The molecular formula is C65H56BN3O. The van der Waals surface area contributed by atoms with Gasteiger partial charge in [-0.05, 0) is 122 Å². The fourth-order valence-corrected chi connectivity index (χ4v) is 12.1. The third-order valence-electron chi connectivity index (χ3n) is 15.5. The maximum absolute atomic E-state index is 7.36. The number of hydrogen-bond acceptors (Lipinski definition) is 3. The molecule has 0 saturated heterocycles. The maximum Gasteiger partial charge on any atom is 0.256 e. The summed E-state index contributed by atoms with van der Waals surface area (Å²) in [6, 6.07) is 72.2. The smallest absolute Gasteiger partial charge is 0.256 e. The first-order chi connectivity index (χ1) is 33.8. The van der Waals surface area contributed by atoms with E-state index in [4.69, 9.17) is 4.74 Å². The predicted octanol–water partition coefficient (Wildman–Crippen LogP) is 15.6. The zero-order chi connectivity index (χ0) is 47.8. The van der Waals surface area contributed by atoms with Gasteiger partial charge >= 0.3 is 0 Å². The van der Waals surface area contributed by atoms with Gasteiger partial charge in [-0.2, -0.15) is 0 Å². The van der Waals surface area contributed by atoms with Gasteiger partial charge in [0.25, 0.3) is 6.71 Å². The van der Waals surface area contributed by atoms with Crippen LogP contribution in [-0.4, -0.2) is 11.3 Å².